The molecule has 9 heteroatoms. The molecule has 0 aliphatic heterocycles. The molecular weight excluding hydrogens is 372 g/mol. The number of hydrogen-bond donors (Lipinski definition) is 1. The molecule has 8 nitrogen and oxygen atoms in total. The minimum atomic E-state index is -3.33. The van der Waals surface area contributed by atoms with Crippen molar-refractivity contribution in [2.24, 2.45) is 0 Å². The Kier molecular flexibility index (Phi) is 6.51. The molecule has 0 aliphatic carbocycles. The number of nitrogens with zero attached hydrogens (tertiary/aromatic N) is 1. The standard InChI is InChI=1S/C18H22N2O6S/c1-20(27(4,22)23)13-5-7-14(8-6-13)26-12-18(21)19-16-10-9-15(24-2)11-17(16)25-3/h5-11H,12H2,1-4H3,(H,19,21). The number of rotatable bonds is 8. The number of nitrogens with one attached hydrogen (secondary N) is 1. The van der Waals surface area contributed by atoms with Crippen molar-refractivity contribution in [3.63, 3.8) is 0 Å². The molecular formula is C18H22N2O6S. The molecule has 2 aromatic carbocycles. The van der Waals surface area contributed by atoms with E-state index in [0.29, 0.717) is 28.6 Å². The summed E-state index contributed by atoms with van der Waals surface area (Å²) in [7, 11) is 1.16. The first-order valence-corrected chi connectivity index (χ1v) is 9.78. The van der Waals surface area contributed by atoms with E-state index in [1.165, 1.54) is 14.2 Å². The van der Waals surface area contributed by atoms with E-state index in [2.05, 4.69) is 5.32 Å². The molecule has 0 radical (unpaired) electrons. The Labute approximate surface area is 158 Å². The van der Waals surface area contributed by atoms with Crippen LogP contribution in [-0.2, 0) is 14.8 Å². The Balaban J connectivity index is 1.96. The quantitative estimate of drug-likeness (QED) is 0.737. The molecule has 1 amide bonds. The first-order valence-electron chi connectivity index (χ1n) is 7.93. The molecule has 146 valence electrons. The Hall–Kier alpha value is -2.94. The molecule has 0 fully saturated rings. The normalized spacial score (nSPS) is 10.8. The highest BCUT2D eigenvalue weighted by Crippen LogP contribution is 2.29. The van der Waals surface area contributed by atoms with Crippen LogP contribution in [-0.4, -0.2) is 48.5 Å². The summed E-state index contributed by atoms with van der Waals surface area (Å²) in [5.74, 6) is 1.16. The van der Waals surface area contributed by atoms with Gasteiger partial charge in [-0.25, -0.2) is 8.42 Å². The highest BCUT2D eigenvalue weighted by atomic mass is 32.2. The van der Waals surface area contributed by atoms with Crippen molar-refractivity contribution in [1.82, 2.24) is 0 Å². The predicted octanol–water partition coefficient (Wildman–Crippen LogP) is 2.12. The van der Waals surface area contributed by atoms with Crippen molar-refractivity contribution in [3.8, 4) is 17.2 Å². The third-order valence-electron chi connectivity index (χ3n) is 3.75. The fourth-order valence-corrected chi connectivity index (χ4v) is 2.69. The van der Waals surface area contributed by atoms with Crippen LogP contribution in [0, 0.1) is 0 Å². The molecule has 0 heterocycles. The van der Waals surface area contributed by atoms with Crippen LogP contribution in [0.25, 0.3) is 0 Å². The van der Waals surface area contributed by atoms with Gasteiger partial charge in [0.05, 0.1) is 31.9 Å². The van der Waals surface area contributed by atoms with E-state index in [0.717, 1.165) is 10.6 Å². The van der Waals surface area contributed by atoms with Gasteiger partial charge in [0.1, 0.15) is 17.2 Å². The van der Waals surface area contributed by atoms with Gasteiger partial charge in [0.25, 0.3) is 5.91 Å². The lowest BCUT2D eigenvalue weighted by atomic mass is 10.2. The third kappa shape index (κ3) is 5.52. The topological polar surface area (TPSA) is 94.2 Å². The molecule has 0 unspecified atom stereocenters. The van der Waals surface area contributed by atoms with Crippen molar-refractivity contribution in [2.45, 2.75) is 0 Å². The lowest BCUT2D eigenvalue weighted by molar-refractivity contribution is -0.118. The summed E-state index contributed by atoms with van der Waals surface area (Å²) < 4.78 is 40.0. The third-order valence-corrected chi connectivity index (χ3v) is 4.96. The maximum absolute atomic E-state index is 12.1. The molecule has 0 aromatic heterocycles. The van der Waals surface area contributed by atoms with Gasteiger partial charge in [0, 0.05) is 13.1 Å². The summed E-state index contributed by atoms with van der Waals surface area (Å²) in [6.07, 6.45) is 1.12. The van der Waals surface area contributed by atoms with Gasteiger partial charge < -0.3 is 19.5 Å². The summed E-state index contributed by atoms with van der Waals surface area (Å²) in [4.78, 5) is 12.1. The number of carbonyl (C=O) groups is 1. The number of sulfonamides is 1. The lowest BCUT2D eigenvalue weighted by Gasteiger charge is -2.17. The number of hydrogen-bond acceptors (Lipinski definition) is 6. The van der Waals surface area contributed by atoms with Crippen LogP contribution in [0.5, 0.6) is 17.2 Å². The maximum Gasteiger partial charge on any atom is 0.262 e. The van der Waals surface area contributed by atoms with E-state index in [-0.39, 0.29) is 12.5 Å². The predicted molar refractivity (Wildman–Crippen MR) is 103 cm³/mol. The van der Waals surface area contributed by atoms with Gasteiger partial charge in [-0.1, -0.05) is 0 Å². The smallest absolute Gasteiger partial charge is 0.262 e. The van der Waals surface area contributed by atoms with Crippen molar-refractivity contribution < 1.29 is 27.4 Å². The van der Waals surface area contributed by atoms with Gasteiger partial charge in [-0.2, -0.15) is 0 Å². The van der Waals surface area contributed by atoms with Crippen molar-refractivity contribution >= 4 is 27.3 Å². The maximum atomic E-state index is 12.1. The van der Waals surface area contributed by atoms with Crippen molar-refractivity contribution in [2.75, 3.05) is 43.8 Å². The lowest BCUT2D eigenvalue weighted by Crippen LogP contribution is -2.24. The number of amides is 1. The average Bonchev–Trinajstić information content (AvgIpc) is 2.65. The second kappa shape index (κ2) is 8.63. The van der Waals surface area contributed by atoms with Crippen molar-refractivity contribution in [1.29, 1.82) is 0 Å². The summed E-state index contributed by atoms with van der Waals surface area (Å²) in [6, 6.07) is 11.4. The molecule has 0 atom stereocenters. The zero-order chi connectivity index (χ0) is 20.0. The van der Waals surface area contributed by atoms with Gasteiger partial charge in [-0.3, -0.25) is 9.10 Å². The highest BCUT2D eigenvalue weighted by molar-refractivity contribution is 7.92. The highest BCUT2D eigenvalue weighted by Gasteiger charge is 2.12. The molecule has 0 saturated heterocycles. The zero-order valence-corrected chi connectivity index (χ0v) is 16.4. The molecule has 0 aliphatic rings. The fourth-order valence-electron chi connectivity index (χ4n) is 2.18. The van der Waals surface area contributed by atoms with Crippen LogP contribution in [0.15, 0.2) is 42.5 Å². The monoisotopic (exact) mass is 394 g/mol. The van der Waals surface area contributed by atoms with Gasteiger partial charge in [-0.15, -0.1) is 0 Å². The van der Waals surface area contributed by atoms with Gasteiger partial charge in [0.2, 0.25) is 10.0 Å². The Morgan fingerprint density at radius 1 is 1.04 bits per heavy atom. The minimum absolute atomic E-state index is 0.212. The van der Waals surface area contributed by atoms with Crippen LogP contribution in [0.2, 0.25) is 0 Å². The zero-order valence-electron chi connectivity index (χ0n) is 15.6. The van der Waals surface area contributed by atoms with Gasteiger partial charge >= 0.3 is 0 Å². The number of anilines is 2. The van der Waals surface area contributed by atoms with Crippen molar-refractivity contribution in [3.05, 3.63) is 42.5 Å². The van der Waals surface area contributed by atoms with Crippen LogP contribution in [0.1, 0.15) is 0 Å². The van der Waals surface area contributed by atoms with Crippen LogP contribution < -0.4 is 23.8 Å². The largest absolute Gasteiger partial charge is 0.497 e. The van der Waals surface area contributed by atoms with Crippen LogP contribution in [0.4, 0.5) is 11.4 Å². The first-order chi connectivity index (χ1) is 12.7. The van der Waals surface area contributed by atoms with E-state index in [4.69, 9.17) is 14.2 Å². The number of benzene rings is 2. The van der Waals surface area contributed by atoms with E-state index < -0.39 is 10.0 Å². The van der Waals surface area contributed by atoms with E-state index >= 15 is 0 Å². The Bertz CT molecular complexity index is 897. The second-order valence-corrected chi connectivity index (χ2v) is 7.64. The van der Waals surface area contributed by atoms with Gasteiger partial charge in [0.15, 0.2) is 6.61 Å². The van der Waals surface area contributed by atoms with E-state index in [9.17, 15) is 13.2 Å². The SMILES string of the molecule is COc1ccc(NC(=O)COc2ccc(N(C)S(C)(=O)=O)cc2)c(OC)c1. The average molecular weight is 394 g/mol. The molecule has 0 saturated carbocycles. The Morgan fingerprint density at radius 2 is 1.67 bits per heavy atom. The second-order valence-electron chi connectivity index (χ2n) is 5.63. The van der Waals surface area contributed by atoms with Crippen LogP contribution in [0.3, 0.4) is 0 Å². The molecule has 0 bridgehead atoms. The van der Waals surface area contributed by atoms with E-state index in [1.54, 1.807) is 49.6 Å². The summed E-state index contributed by atoms with van der Waals surface area (Å²) in [5.41, 5.74) is 0.995. The summed E-state index contributed by atoms with van der Waals surface area (Å²) >= 11 is 0. The fraction of sp³-hybridized carbons (Fsp3) is 0.278. The molecule has 0 spiro atoms. The summed E-state index contributed by atoms with van der Waals surface area (Å²) in [5, 5.41) is 2.70. The number of methoxy groups -OCH3 is 2. The van der Waals surface area contributed by atoms with Crippen LogP contribution >= 0.6 is 0 Å². The number of ether oxygens (including phenoxy) is 3. The molecule has 27 heavy (non-hydrogen) atoms. The molecule has 1 N–H and O–H groups in total. The number of carbonyl (C=O) groups excluding carboxylic acids is 1. The Morgan fingerprint density at radius 3 is 2.22 bits per heavy atom. The molecule has 2 rings (SSSR count). The van der Waals surface area contributed by atoms with Gasteiger partial charge in [-0.05, 0) is 36.4 Å². The van der Waals surface area contributed by atoms with E-state index in [1.807, 2.05) is 0 Å². The molecule has 2 aromatic rings. The minimum Gasteiger partial charge on any atom is -0.497 e. The summed E-state index contributed by atoms with van der Waals surface area (Å²) in [6.45, 7) is -0.212. The first kappa shape index (κ1) is 20.4.